The van der Waals surface area contributed by atoms with E-state index in [1.807, 2.05) is 55.9 Å². The van der Waals surface area contributed by atoms with Gasteiger partial charge in [0.2, 0.25) is 0 Å². The second-order valence-electron chi connectivity index (χ2n) is 10.8. The van der Waals surface area contributed by atoms with Crippen molar-refractivity contribution in [3.05, 3.63) is 71.2 Å². The lowest BCUT2D eigenvalue weighted by Crippen LogP contribution is -2.46. The summed E-state index contributed by atoms with van der Waals surface area (Å²) in [6, 6.07) is 12.1. The van der Waals surface area contributed by atoms with Crippen molar-refractivity contribution in [1.29, 1.82) is 0 Å². The maximum atomic E-state index is 13.1. The van der Waals surface area contributed by atoms with E-state index in [1.165, 1.54) is 0 Å². The zero-order valence-corrected chi connectivity index (χ0v) is 24.1. The standard InChI is InChI=1S/C29H37N5O4S/c1-8-21-16-23(13-14-26(21)38-19(2)3)27(35)32-24(17-31-39(30,36)37)15-20-9-11-22(12-10-20)25-18-34(7)28(33-25)29(4,5)6/h1,9-14,16,18-19,24,31H,15,17H2,2-7H3,(H,32,35)(H2,30,36,37)/t24-/m0/s1. The highest BCUT2D eigenvalue weighted by Crippen LogP contribution is 2.26. The predicted octanol–water partition coefficient (Wildman–Crippen LogP) is 3.29. The second-order valence-corrected chi connectivity index (χ2v) is 12.2. The van der Waals surface area contributed by atoms with Crippen LogP contribution in [0.1, 0.15) is 61.9 Å². The van der Waals surface area contributed by atoms with Crippen LogP contribution in [0.3, 0.4) is 0 Å². The van der Waals surface area contributed by atoms with Crippen molar-refractivity contribution >= 4 is 16.1 Å². The summed E-state index contributed by atoms with van der Waals surface area (Å²) in [6.07, 6.45) is 7.91. The van der Waals surface area contributed by atoms with Crippen LogP contribution in [0.5, 0.6) is 5.75 Å². The van der Waals surface area contributed by atoms with E-state index >= 15 is 0 Å². The maximum Gasteiger partial charge on any atom is 0.274 e. The molecule has 4 N–H and O–H groups in total. The smallest absolute Gasteiger partial charge is 0.274 e. The summed E-state index contributed by atoms with van der Waals surface area (Å²) in [5.41, 5.74) is 3.42. The zero-order chi connectivity index (χ0) is 29.0. The van der Waals surface area contributed by atoms with E-state index in [4.69, 9.17) is 21.3 Å². The molecule has 0 aliphatic carbocycles. The molecule has 10 heteroatoms. The largest absolute Gasteiger partial charge is 0.490 e. The molecule has 1 heterocycles. The van der Waals surface area contributed by atoms with Crippen molar-refractivity contribution < 1.29 is 17.9 Å². The Labute approximate surface area is 231 Å². The molecule has 0 saturated heterocycles. The predicted molar refractivity (Wildman–Crippen MR) is 154 cm³/mol. The fraction of sp³-hybridized carbons (Fsp3) is 0.379. The Bertz CT molecular complexity index is 1460. The number of carbonyl (C=O) groups excluding carboxylic acids is 1. The lowest BCUT2D eigenvalue weighted by atomic mass is 9.96. The van der Waals surface area contributed by atoms with Gasteiger partial charge in [0, 0.05) is 42.4 Å². The quantitative estimate of drug-likeness (QED) is 0.333. The van der Waals surface area contributed by atoms with Crippen molar-refractivity contribution in [2.75, 3.05) is 6.54 Å². The first-order chi connectivity index (χ1) is 18.2. The van der Waals surface area contributed by atoms with E-state index in [-0.39, 0.29) is 18.1 Å². The monoisotopic (exact) mass is 551 g/mol. The minimum Gasteiger partial charge on any atom is -0.490 e. The highest BCUT2D eigenvalue weighted by molar-refractivity contribution is 7.87. The number of amides is 1. The van der Waals surface area contributed by atoms with Crippen LogP contribution in [0.25, 0.3) is 11.3 Å². The Morgan fingerprint density at radius 3 is 2.38 bits per heavy atom. The van der Waals surface area contributed by atoms with Crippen LogP contribution in [0.4, 0.5) is 0 Å². The Balaban J connectivity index is 1.79. The topological polar surface area (TPSA) is 128 Å². The summed E-state index contributed by atoms with van der Waals surface area (Å²) in [4.78, 5) is 17.9. The van der Waals surface area contributed by atoms with Crippen molar-refractivity contribution in [2.45, 2.75) is 58.6 Å². The lowest BCUT2D eigenvalue weighted by molar-refractivity contribution is 0.0937. The van der Waals surface area contributed by atoms with Gasteiger partial charge < -0.3 is 14.6 Å². The highest BCUT2D eigenvalue weighted by Gasteiger charge is 2.21. The molecule has 0 bridgehead atoms. The summed E-state index contributed by atoms with van der Waals surface area (Å²) in [5.74, 6) is 3.64. The Kier molecular flexibility index (Phi) is 9.22. The molecule has 0 aliphatic rings. The van der Waals surface area contributed by atoms with Gasteiger partial charge in [-0.2, -0.15) is 8.42 Å². The summed E-state index contributed by atoms with van der Waals surface area (Å²) in [5, 5.41) is 8.04. The number of aromatic nitrogens is 2. The molecule has 2 aromatic carbocycles. The maximum absolute atomic E-state index is 13.1. The molecule has 0 aliphatic heterocycles. The average Bonchev–Trinajstić information content (AvgIpc) is 3.24. The minimum atomic E-state index is -3.95. The van der Waals surface area contributed by atoms with Gasteiger partial charge in [-0.25, -0.2) is 14.8 Å². The molecule has 39 heavy (non-hydrogen) atoms. The fourth-order valence-corrected chi connectivity index (χ4v) is 4.63. The van der Waals surface area contributed by atoms with Crippen molar-refractivity contribution in [2.24, 2.45) is 12.2 Å². The summed E-state index contributed by atoms with van der Waals surface area (Å²) < 4.78 is 33.1. The molecule has 0 unspecified atom stereocenters. The number of rotatable bonds is 10. The number of ether oxygens (including phenoxy) is 1. The number of nitrogens with two attached hydrogens (primary N) is 1. The van der Waals surface area contributed by atoms with Crippen LogP contribution in [0, 0.1) is 12.3 Å². The van der Waals surface area contributed by atoms with Gasteiger partial charge in [-0.3, -0.25) is 4.79 Å². The molecule has 208 valence electrons. The number of aryl methyl sites for hydroxylation is 1. The lowest BCUT2D eigenvalue weighted by Gasteiger charge is -2.20. The Morgan fingerprint density at radius 1 is 1.18 bits per heavy atom. The third-order valence-corrected chi connectivity index (χ3v) is 6.47. The van der Waals surface area contributed by atoms with Crippen LogP contribution in [0.15, 0.2) is 48.7 Å². The van der Waals surface area contributed by atoms with Gasteiger partial charge in [-0.15, -0.1) is 6.42 Å². The number of hydrogen-bond acceptors (Lipinski definition) is 5. The van der Waals surface area contributed by atoms with Gasteiger partial charge >= 0.3 is 0 Å². The Morgan fingerprint density at radius 2 is 1.85 bits per heavy atom. The molecule has 9 nitrogen and oxygen atoms in total. The van der Waals surface area contributed by atoms with Gasteiger partial charge in [-0.1, -0.05) is 51.0 Å². The second kappa shape index (κ2) is 12.0. The first kappa shape index (κ1) is 29.9. The number of nitrogens with one attached hydrogen (secondary N) is 2. The first-order valence-corrected chi connectivity index (χ1v) is 14.2. The summed E-state index contributed by atoms with van der Waals surface area (Å²) in [7, 11) is -1.97. The van der Waals surface area contributed by atoms with E-state index in [1.54, 1.807) is 18.2 Å². The van der Waals surface area contributed by atoms with Crippen molar-refractivity contribution in [3.63, 3.8) is 0 Å². The number of terminal acetylenes is 1. The fourth-order valence-electron chi connectivity index (χ4n) is 4.20. The van der Waals surface area contributed by atoms with Crippen LogP contribution in [-0.2, 0) is 29.1 Å². The number of hydrogen-bond donors (Lipinski definition) is 3. The van der Waals surface area contributed by atoms with E-state index in [9.17, 15) is 13.2 Å². The van der Waals surface area contributed by atoms with Crippen LogP contribution in [0.2, 0.25) is 0 Å². The molecule has 3 aromatic rings. The van der Waals surface area contributed by atoms with Crippen molar-refractivity contribution in [3.8, 4) is 29.4 Å². The molecule has 0 fully saturated rings. The van der Waals surface area contributed by atoms with Gasteiger partial charge in [0.15, 0.2) is 0 Å². The van der Waals surface area contributed by atoms with Gasteiger partial charge in [0.05, 0.1) is 17.4 Å². The molecule has 0 spiro atoms. The summed E-state index contributed by atoms with van der Waals surface area (Å²) in [6.45, 7) is 10.0. The van der Waals surface area contributed by atoms with Crippen molar-refractivity contribution in [1.82, 2.24) is 19.6 Å². The van der Waals surface area contributed by atoms with Crippen LogP contribution < -0.4 is 19.9 Å². The molecular formula is C29H37N5O4S. The van der Waals surface area contributed by atoms with Gasteiger partial charge in [0.1, 0.15) is 11.6 Å². The molecule has 3 rings (SSSR count). The third kappa shape index (κ3) is 8.42. The normalized spacial score (nSPS) is 12.7. The van der Waals surface area contributed by atoms with E-state index < -0.39 is 22.2 Å². The van der Waals surface area contributed by atoms with E-state index in [0.29, 0.717) is 23.3 Å². The van der Waals surface area contributed by atoms with Crippen LogP contribution in [-0.4, -0.2) is 42.6 Å². The number of imidazole rings is 1. The van der Waals surface area contributed by atoms with Crippen LogP contribution >= 0.6 is 0 Å². The Hall–Kier alpha value is -3.65. The molecule has 1 atom stereocenters. The van der Waals surface area contributed by atoms with Gasteiger partial charge in [0.25, 0.3) is 16.1 Å². The van der Waals surface area contributed by atoms with E-state index in [0.717, 1.165) is 22.6 Å². The first-order valence-electron chi connectivity index (χ1n) is 12.6. The third-order valence-electron chi connectivity index (χ3n) is 5.91. The minimum absolute atomic E-state index is 0.0740. The molecule has 0 saturated carbocycles. The molecule has 0 radical (unpaired) electrons. The molecule has 1 amide bonds. The van der Waals surface area contributed by atoms with E-state index in [2.05, 4.69) is 36.7 Å². The SMILES string of the molecule is C#Cc1cc(C(=O)N[C@H](CNS(N)(=O)=O)Cc2ccc(-c3cn(C)c(C(C)(C)C)n3)cc2)ccc1OC(C)C. The summed E-state index contributed by atoms with van der Waals surface area (Å²) >= 11 is 0. The number of nitrogens with zero attached hydrogens (tertiary/aromatic N) is 2. The highest BCUT2D eigenvalue weighted by atomic mass is 32.2. The number of carbonyl (C=O) groups is 1. The zero-order valence-electron chi connectivity index (χ0n) is 23.3. The number of benzene rings is 2. The van der Waals surface area contributed by atoms with Gasteiger partial charge in [-0.05, 0) is 44.0 Å². The average molecular weight is 552 g/mol. The molecular weight excluding hydrogens is 514 g/mol. The molecule has 1 aromatic heterocycles.